The van der Waals surface area contributed by atoms with Crippen LogP contribution < -0.4 is 11.1 Å². The molecule has 0 aliphatic rings. The molecule has 8 heteroatoms. The van der Waals surface area contributed by atoms with Crippen LogP contribution >= 0.6 is 15.9 Å². The van der Waals surface area contributed by atoms with Gasteiger partial charge in [-0.15, -0.1) is 0 Å². The molecule has 0 saturated heterocycles. The summed E-state index contributed by atoms with van der Waals surface area (Å²) in [6, 6.07) is 8.14. The zero-order valence-corrected chi connectivity index (χ0v) is 12.1. The molecule has 0 radical (unpaired) electrons. The Balaban J connectivity index is 2.25. The largest absolute Gasteiger partial charge is 0.506 e. The Morgan fingerprint density at radius 3 is 2.57 bits per heavy atom. The molecule has 2 aromatic rings. The van der Waals surface area contributed by atoms with Crippen LogP contribution in [0.2, 0.25) is 0 Å². The Labute approximate surface area is 127 Å². The third kappa shape index (κ3) is 3.29. The van der Waals surface area contributed by atoms with E-state index in [1.165, 1.54) is 18.2 Å². The minimum absolute atomic E-state index is 0.0629. The van der Waals surface area contributed by atoms with Crippen LogP contribution in [0.25, 0.3) is 0 Å². The molecule has 21 heavy (non-hydrogen) atoms. The topological polar surface area (TPSA) is 118 Å². The first-order valence-electron chi connectivity index (χ1n) is 5.72. The van der Waals surface area contributed by atoms with Gasteiger partial charge in [-0.3, -0.25) is 14.9 Å². The fraction of sp³-hybridized carbons (Fsp3) is 0. The number of nitrogens with two attached hydrogens (primary N) is 1. The number of non-ortho nitro benzene ring substituents is 1. The number of nitro groups is 1. The van der Waals surface area contributed by atoms with Gasteiger partial charge in [0.05, 0.1) is 22.2 Å². The third-order valence-corrected chi connectivity index (χ3v) is 3.19. The molecule has 0 aromatic heterocycles. The van der Waals surface area contributed by atoms with Gasteiger partial charge in [0.2, 0.25) is 0 Å². The summed E-state index contributed by atoms with van der Waals surface area (Å²) in [4.78, 5) is 22.0. The number of aromatic hydroxyl groups is 1. The van der Waals surface area contributed by atoms with Crippen LogP contribution in [-0.2, 0) is 0 Å². The van der Waals surface area contributed by atoms with Gasteiger partial charge in [0, 0.05) is 16.2 Å². The highest BCUT2D eigenvalue weighted by molar-refractivity contribution is 9.10. The van der Waals surface area contributed by atoms with Gasteiger partial charge in [0.1, 0.15) is 5.75 Å². The van der Waals surface area contributed by atoms with Crippen molar-refractivity contribution in [2.24, 2.45) is 0 Å². The number of phenols is 1. The highest BCUT2D eigenvalue weighted by atomic mass is 79.9. The molecule has 0 spiro atoms. The molecule has 0 heterocycles. The molecule has 4 N–H and O–H groups in total. The molecule has 2 aromatic carbocycles. The number of benzene rings is 2. The minimum atomic E-state index is -0.641. The lowest BCUT2D eigenvalue weighted by molar-refractivity contribution is -0.384. The monoisotopic (exact) mass is 351 g/mol. The molecular formula is C13H10BrN3O4. The van der Waals surface area contributed by atoms with E-state index in [1.54, 1.807) is 12.1 Å². The smallest absolute Gasteiger partial charge is 0.273 e. The normalized spacial score (nSPS) is 10.1. The summed E-state index contributed by atoms with van der Waals surface area (Å²) in [6.45, 7) is 0. The molecule has 0 saturated carbocycles. The van der Waals surface area contributed by atoms with Gasteiger partial charge in [0.25, 0.3) is 11.6 Å². The Hall–Kier alpha value is -2.61. The maximum atomic E-state index is 12.1. The van der Waals surface area contributed by atoms with Crippen molar-refractivity contribution < 1.29 is 14.8 Å². The van der Waals surface area contributed by atoms with Crippen molar-refractivity contribution in [2.75, 3.05) is 11.1 Å². The number of carbonyl (C=O) groups is 1. The quantitative estimate of drug-likeness (QED) is 0.340. The number of phenolic OH excluding ortho intramolecular Hbond substituents is 1. The van der Waals surface area contributed by atoms with Crippen molar-refractivity contribution in [2.45, 2.75) is 0 Å². The van der Waals surface area contributed by atoms with Gasteiger partial charge in [-0.25, -0.2) is 0 Å². The molecular weight excluding hydrogens is 342 g/mol. The molecule has 0 aliphatic carbocycles. The van der Waals surface area contributed by atoms with Crippen LogP contribution in [0.15, 0.2) is 40.9 Å². The van der Waals surface area contributed by atoms with Crippen molar-refractivity contribution in [1.82, 2.24) is 0 Å². The first-order valence-corrected chi connectivity index (χ1v) is 6.51. The van der Waals surface area contributed by atoms with E-state index in [9.17, 15) is 20.0 Å². The lowest BCUT2D eigenvalue weighted by atomic mass is 10.1. The summed E-state index contributed by atoms with van der Waals surface area (Å²) in [5.74, 6) is -0.919. The number of nitrogens with one attached hydrogen (secondary N) is 1. The first kappa shape index (κ1) is 14.8. The fourth-order valence-electron chi connectivity index (χ4n) is 1.67. The van der Waals surface area contributed by atoms with Gasteiger partial charge < -0.3 is 16.2 Å². The molecule has 7 nitrogen and oxygen atoms in total. The minimum Gasteiger partial charge on any atom is -0.506 e. The van der Waals surface area contributed by atoms with Gasteiger partial charge in [-0.05, 0) is 24.3 Å². The molecule has 0 fully saturated rings. The number of rotatable bonds is 3. The second kappa shape index (κ2) is 5.80. The lowest BCUT2D eigenvalue weighted by Crippen LogP contribution is -2.14. The second-order valence-corrected chi connectivity index (χ2v) is 5.06. The Morgan fingerprint density at radius 1 is 1.29 bits per heavy atom. The van der Waals surface area contributed by atoms with Crippen LogP contribution in [0.5, 0.6) is 5.75 Å². The number of hydrogen-bond donors (Lipinski definition) is 3. The molecule has 0 atom stereocenters. The predicted molar refractivity (Wildman–Crippen MR) is 81.3 cm³/mol. The van der Waals surface area contributed by atoms with E-state index in [-0.39, 0.29) is 22.6 Å². The van der Waals surface area contributed by atoms with Crippen LogP contribution in [-0.4, -0.2) is 15.9 Å². The number of nitro benzene ring substituents is 1. The number of hydrogen-bond acceptors (Lipinski definition) is 5. The first-order chi connectivity index (χ1) is 9.88. The summed E-state index contributed by atoms with van der Waals surface area (Å²) >= 11 is 3.23. The van der Waals surface area contributed by atoms with Crippen molar-refractivity contribution in [3.63, 3.8) is 0 Å². The van der Waals surface area contributed by atoms with E-state index >= 15 is 0 Å². The number of nitrogen functional groups attached to an aromatic ring is 1. The number of anilines is 2. The van der Waals surface area contributed by atoms with Crippen LogP contribution in [0.3, 0.4) is 0 Å². The van der Waals surface area contributed by atoms with Crippen molar-refractivity contribution in [1.29, 1.82) is 0 Å². The van der Waals surface area contributed by atoms with Crippen molar-refractivity contribution in [3.05, 3.63) is 56.5 Å². The molecule has 0 aliphatic heterocycles. The van der Waals surface area contributed by atoms with Crippen molar-refractivity contribution in [3.8, 4) is 5.75 Å². The van der Waals surface area contributed by atoms with E-state index in [0.29, 0.717) is 0 Å². The molecule has 108 valence electrons. The number of nitrogens with zero attached hydrogens (tertiary/aromatic N) is 1. The highest BCUT2D eigenvalue weighted by Crippen LogP contribution is 2.29. The Morgan fingerprint density at radius 2 is 2.00 bits per heavy atom. The van der Waals surface area contributed by atoms with Gasteiger partial charge in [-0.2, -0.15) is 0 Å². The summed E-state index contributed by atoms with van der Waals surface area (Å²) in [7, 11) is 0. The zero-order valence-electron chi connectivity index (χ0n) is 10.5. The Bertz CT molecular complexity index is 733. The number of halogens is 1. The fourth-order valence-corrected chi connectivity index (χ4v) is 2.05. The number of carbonyl (C=O) groups excluding carboxylic acids is 1. The van der Waals surface area contributed by atoms with E-state index in [2.05, 4.69) is 21.2 Å². The summed E-state index contributed by atoms with van der Waals surface area (Å²) < 4.78 is 0.731. The van der Waals surface area contributed by atoms with Crippen molar-refractivity contribution >= 4 is 38.9 Å². The van der Waals surface area contributed by atoms with Crippen LogP contribution in [0, 0.1) is 10.1 Å². The average Bonchev–Trinajstić information content (AvgIpc) is 2.40. The average molecular weight is 352 g/mol. The summed E-state index contributed by atoms with van der Waals surface area (Å²) in [5, 5.41) is 22.7. The van der Waals surface area contributed by atoms with Gasteiger partial charge in [0.15, 0.2) is 0 Å². The maximum Gasteiger partial charge on any atom is 0.273 e. The second-order valence-electron chi connectivity index (χ2n) is 4.14. The number of amides is 1. The molecule has 0 bridgehead atoms. The Kier molecular flexibility index (Phi) is 4.08. The van der Waals surface area contributed by atoms with E-state index in [1.807, 2.05) is 0 Å². The molecule has 0 unspecified atom stereocenters. The third-order valence-electron chi connectivity index (χ3n) is 2.70. The van der Waals surface area contributed by atoms with Gasteiger partial charge in [-0.1, -0.05) is 15.9 Å². The molecule has 1 amide bonds. The van der Waals surface area contributed by atoms with Gasteiger partial charge >= 0.3 is 0 Å². The standard InChI is InChI=1S/C13H10BrN3O4/c14-7-1-3-9(10(15)5-7)13(19)16-11-4-2-8(17(20)21)6-12(11)18/h1-6,18H,15H2,(H,16,19). The zero-order chi connectivity index (χ0) is 15.6. The summed E-state index contributed by atoms with van der Waals surface area (Å²) in [6.07, 6.45) is 0. The van der Waals surface area contributed by atoms with Crippen LogP contribution in [0.1, 0.15) is 10.4 Å². The summed E-state index contributed by atoms with van der Waals surface area (Å²) in [5.41, 5.74) is 6.03. The highest BCUT2D eigenvalue weighted by Gasteiger charge is 2.14. The van der Waals surface area contributed by atoms with Crippen LogP contribution in [0.4, 0.5) is 17.1 Å². The molecule has 2 rings (SSSR count). The van der Waals surface area contributed by atoms with E-state index in [4.69, 9.17) is 5.73 Å². The van der Waals surface area contributed by atoms with E-state index in [0.717, 1.165) is 10.5 Å². The lowest BCUT2D eigenvalue weighted by Gasteiger charge is -2.09. The predicted octanol–water partition coefficient (Wildman–Crippen LogP) is 2.90. The SMILES string of the molecule is Nc1cc(Br)ccc1C(=O)Nc1ccc([N+](=O)[O-])cc1O. The maximum absolute atomic E-state index is 12.1. The van der Waals surface area contributed by atoms with E-state index < -0.39 is 16.6 Å².